The molecule has 3 aromatic heterocycles. The van der Waals surface area contributed by atoms with Crippen molar-refractivity contribution in [3.8, 4) is 0 Å². The summed E-state index contributed by atoms with van der Waals surface area (Å²) >= 11 is 0. The van der Waals surface area contributed by atoms with Gasteiger partial charge in [-0.15, -0.1) is 0 Å². The quantitative estimate of drug-likeness (QED) is 0.0200. The van der Waals surface area contributed by atoms with Gasteiger partial charge in [-0.3, -0.25) is 24.5 Å². The van der Waals surface area contributed by atoms with Crippen LogP contribution in [-0.4, -0.2) is 239 Å². The summed E-state index contributed by atoms with van der Waals surface area (Å²) in [5.74, 6) is 4.71. The second-order valence-corrected chi connectivity index (χ2v) is 29.1. The molecule has 0 aliphatic carbocycles. The molecule has 12 rings (SSSR count). The molecule has 0 atom stereocenters. The fourth-order valence-corrected chi connectivity index (χ4v) is 11.9. The summed E-state index contributed by atoms with van der Waals surface area (Å²) in [5, 5.41) is 50.6. The maximum Gasteiger partial charge on any atom is 0.376 e. The fraction of sp³-hybridized carbons (Fsp3) is 0.430. The maximum absolute atomic E-state index is 12.6. The number of rotatable bonds is 20. The van der Waals surface area contributed by atoms with Crippen LogP contribution in [0.25, 0.3) is 32.7 Å². The molecule has 6 heterocycles. The Bertz CT molecular complexity index is 4120. The molecule has 110 heavy (non-hydrogen) atoms. The van der Waals surface area contributed by atoms with E-state index in [-0.39, 0.29) is 73.2 Å². The molecule has 9 aromatic rings. The van der Waals surface area contributed by atoms with Crippen LogP contribution in [0.2, 0.25) is 13.6 Å². The van der Waals surface area contributed by atoms with Crippen LogP contribution in [0.5, 0.6) is 0 Å². The van der Waals surface area contributed by atoms with E-state index in [2.05, 4.69) is 73.8 Å². The first-order valence-corrected chi connectivity index (χ1v) is 37.1. The van der Waals surface area contributed by atoms with Crippen molar-refractivity contribution in [2.24, 2.45) is 17.8 Å². The third-order valence-corrected chi connectivity index (χ3v) is 18.0. The maximum atomic E-state index is 12.6. The minimum atomic E-state index is -0.500. The van der Waals surface area contributed by atoms with Crippen molar-refractivity contribution in [2.75, 3.05) is 185 Å². The van der Waals surface area contributed by atoms with E-state index in [1.807, 2.05) is 264 Å². The molecule has 31 heteroatoms. The first-order valence-electron chi connectivity index (χ1n) is 37.1. The molecule has 8 N–H and O–H groups in total. The molecule has 3 fully saturated rings. The molecule has 28 nitrogen and oxygen atoms in total. The molecule has 3 aliphatic heterocycles. The Morgan fingerprint density at radius 2 is 0.655 bits per heavy atom. The van der Waals surface area contributed by atoms with E-state index < -0.39 is 19.0 Å². The molecular formula is C79H113ArB2N21O7. The average molecular weight is 1530 g/mol. The fourth-order valence-electron chi connectivity index (χ4n) is 11.9. The summed E-state index contributed by atoms with van der Waals surface area (Å²) in [6.45, 7) is 10.3. The number of hydrogen-bond acceptors (Lipinski definition) is 24. The summed E-state index contributed by atoms with van der Waals surface area (Å²) in [6, 6.07) is 47.7. The van der Waals surface area contributed by atoms with Gasteiger partial charge >= 0.3 is 14.1 Å². The van der Waals surface area contributed by atoms with Crippen LogP contribution in [0, 0.1) is 65.6 Å². The van der Waals surface area contributed by atoms with Gasteiger partial charge in [-0.25, -0.2) is 15.0 Å². The van der Waals surface area contributed by atoms with Crippen molar-refractivity contribution in [3.63, 3.8) is 0 Å². The number of amides is 3. The van der Waals surface area contributed by atoms with Crippen LogP contribution in [0.1, 0.15) is 55.2 Å². The number of fused-ring (bicyclic) bond motifs is 3. The number of nitro groups is 1. The monoisotopic (exact) mass is 1530 g/mol. The summed E-state index contributed by atoms with van der Waals surface area (Å²) in [4.78, 5) is 89.8. The van der Waals surface area contributed by atoms with Crippen LogP contribution >= 0.6 is 0 Å². The third-order valence-electron chi connectivity index (χ3n) is 18.0. The van der Waals surface area contributed by atoms with Gasteiger partial charge < -0.3 is 81.0 Å². The van der Waals surface area contributed by atoms with Crippen molar-refractivity contribution in [3.05, 3.63) is 172 Å². The predicted molar refractivity (Wildman–Crippen MR) is 447 cm³/mol. The number of carbonyl (C=O) groups excluding carboxylic acids is 3. The minimum absolute atomic E-state index is 0. The van der Waals surface area contributed by atoms with E-state index in [0.717, 1.165) is 169 Å². The van der Waals surface area contributed by atoms with Gasteiger partial charge in [-0.1, -0.05) is 72.8 Å². The second-order valence-electron chi connectivity index (χ2n) is 29.1. The van der Waals surface area contributed by atoms with E-state index in [1.165, 1.54) is 0 Å². The smallest absolute Gasteiger partial charge is 0.376 e. The number of nitrogens with zero attached hydrogens (tertiary/aromatic N) is 15. The second kappa shape index (κ2) is 45.4. The van der Waals surface area contributed by atoms with Crippen molar-refractivity contribution in [1.29, 1.82) is 0 Å². The molecule has 0 bridgehead atoms. The normalized spacial score (nSPS) is 14.0. The van der Waals surface area contributed by atoms with E-state index in [1.54, 1.807) is 13.6 Å². The minimum Gasteiger partial charge on any atom is -0.437 e. The zero-order valence-electron chi connectivity index (χ0n) is 66.8. The largest absolute Gasteiger partial charge is 0.437 e. The number of carbonyl (C=O) groups is 3. The molecule has 590 valence electrons. The molecule has 3 aliphatic rings. The molecule has 0 saturated carbocycles. The van der Waals surface area contributed by atoms with E-state index in [4.69, 9.17) is 10.1 Å². The zero-order valence-corrected chi connectivity index (χ0v) is 67.6. The Balaban J connectivity index is 0.000000238. The standard InChI is InChI=1S/2C24H31BN6O2.C24H30N6O.2C3H9N.CH3NO2.Ar/c2*1-25(33)31-14-12-18(13-15-31)23(32)27-19-10-8-17(9-11-19)16-26-22-20-6-4-5-7-21(20)28-24(29-22)30(2)3;1-29(2)24-27-21-7-5-4-6-20(21)22(28-24)25-16-17-8-10-19(11-9-17)26-23(31)18-12-14-30(3)15-13-18;2*1-4(2)3;1-2(3)4;/h2*4-11,18,33H,12-16H2,1-3H3,(H,27,32)(H,26,28,29);4-11,18H,12-16H2,1-3H3,(H,26,31)(H,25,27,28);2*1-3H3;1H3;. The van der Waals surface area contributed by atoms with Crippen LogP contribution in [0.4, 0.5) is 52.4 Å². The number of likely N-dealkylation sites (tertiary alicyclic amines) is 1. The van der Waals surface area contributed by atoms with Gasteiger partial charge in [0.15, 0.2) is 7.05 Å². The number of para-hydroxylation sites is 3. The number of benzene rings is 6. The summed E-state index contributed by atoms with van der Waals surface area (Å²) < 4.78 is 0. The summed E-state index contributed by atoms with van der Waals surface area (Å²) in [7, 11) is 25.7. The molecule has 0 radical (unpaired) electrons. The molecular weight excluding hydrogens is 1420 g/mol. The number of aromatic nitrogens is 6. The van der Waals surface area contributed by atoms with Gasteiger partial charge in [0, 0.05) is 156 Å². The summed E-state index contributed by atoms with van der Waals surface area (Å²) in [6.07, 6.45) is 4.90. The van der Waals surface area contributed by atoms with Crippen LogP contribution < -0.4 is 46.6 Å². The van der Waals surface area contributed by atoms with Gasteiger partial charge in [0.25, 0.3) is 0 Å². The zero-order chi connectivity index (χ0) is 79.3. The Kier molecular flexibility index (Phi) is 37.1. The van der Waals surface area contributed by atoms with Gasteiger partial charge in [0.05, 0.1) is 16.6 Å². The number of piperidine rings is 3. The molecule has 3 saturated heterocycles. The summed E-state index contributed by atoms with van der Waals surface area (Å²) in [5.41, 5.74) is 8.44. The SMILES string of the molecule is CB(O)N1CCC(C(=O)Nc2ccc(CNc3nc(N(C)C)nc4ccccc34)cc2)CC1.CB(O)N1CCC(C(=O)Nc2ccc(CNc3nc(N(C)C)nc4ccccc34)cc2)CC1.CN(C)C.CN(C)C.CN1CCC(C(=O)Nc2ccc(CNc3nc(N(C)C)nc4ccccc34)cc2)CC1.C[N+](=O)[O-].[Ar]. The van der Waals surface area contributed by atoms with Crippen molar-refractivity contribution < 1.29 is 67.1 Å². The van der Waals surface area contributed by atoms with Gasteiger partial charge in [-0.05, 0) is 230 Å². The first-order chi connectivity index (χ1) is 52.0. The van der Waals surface area contributed by atoms with E-state index >= 15 is 0 Å². The van der Waals surface area contributed by atoms with Crippen LogP contribution in [0.15, 0.2) is 146 Å². The van der Waals surface area contributed by atoms with Crippen molar-refractivity contribution >= 4 is 117 Å². The van der Waals surface area contributed by atoms with Gasteiger partial charge in [0.1, 0.15) is 17.5 Å². The van der Waals surface area contributed by atoms with Gasteiger partial charge in [0.2, 0.25) is 35.6 Å². The predicted octanol–water partition coefficient (Wildman–Crippen LogP) is 9.97. The Labute approximate surface area is 680 Å². The number of hydrogen-bond donors (Lipinski definition) is 8. The van der Waals surface area contributed by atoms with Crippen LogP contribution in [-0.2, 0) is 34.0 Å². The van der Waals surface area contributed by atoms with Crippen molar-refractivity contribution in [2.45, 2.75) is 71.8 Å². The van der Waals surface area contributed by atoms with Crippen LogP contribution in [0.3, 0.4) is 0 Å². The number of anilines is 9. The van der Waals surface area contributed by atoms with Gasteiger partial charge in [-0.2, -0.15) is 15.0 Å². The molecule has 0 spiro atoms. The Morgan fingerprint density at radius 1 is 0.427 bits per heavy atom. The third kappa shape index (κ3) is 29.7. The average Bonchev–Trinajstić information content (AvgIpc) is 0.811. The molecule has 0 unspecified atom stereocenters. The number of nitrogens with one attached hydrogen (secondary N) is 6. The van der Waals surface area contributed by atoms with E-state index in [0.29, 0.717) is 37.5 Å². The van der Waals surface area contributed by atoms with E-state index in [9.17, 15) is 24.4 Å². The van der Waals surface area contributed by atoms with Crippen molar-refractivity contribution in [1.82, 2.24) is 54.2 Å². The molecule has 3 amide bonds. The Hall–Kier alpha value is -8.94. The Morgan fingerprint density at radius 3 is 0.882 bits per heavy atom. The molecule has 6 aromatic carbocycles. The first kappa shape index (κ1) is 89.9. The topological polar surface area (TPSA) is 310 Å².